The van der Waals surface area contributed by atoms with Crippen LogP contribution in [-0.4, -0.2) is 77.4 Å². The van der Waals surface area contributed by atoms with Crippen LogP contribution in [0.2, 0.25) is 0 Å². The smallest absolute Gasteiger partial charge is 0.459 e. The Kier molecular flexibility index (Phi) is 8.89. The molecule has 6 N–H and O–H groups in total. The quantitative estimate of drug-likeness (QED) is 0.122. The van der Waals surface area contributed by atoms with Gasteiger partial charge in [0.2, 0.25) is 11.8 Å². The Balaban J connectivity index is 1.24. The van der Waals surface area contributed by atoms with Crippen LogP contribution in [-0.2, 0) is 23.4 Å². The maximum atomic E-state index is 14.4. The number of aromatic nitrogens is 4. The van der Waals surface area contributed by atoms with Gasteiger partial charge in [0.15, 0.2) is 17.4 Å². The lowest BCUT2D eigenvalue weighted by Crippen LogP contribution is -2.44. The van der Waals surface area contributed by atoms with Crippen LogP contribution in [0.15, 0.2) is 48.8 Å². The average molecular weight is 657 g/mol. The number of hydrogen-bond acceptors (Lipinski definition) is 13. The first-order valence-corrected chi connectivity index (χ1v) is 16.6. The molecule has 6 atom stereocenters. The van der Waals surface area contributed by atoms with Gasteiger partial charge in [-0.1, -0.05) is 42.8 Å². The van der Waals surface area contributed by atoms with E-state index in [-0.39, 0.29) is 29.0 Å². The monoisotopic (exact) mass is 656 g/mol. The summed E-state index contributed by atoms with van der Waals surface area (Å²) in [5, 5.41) is 36.8. The summed E-state index contributed by atoms with van der Waals surface area (Å²) >= 11 is 0. The summed E-state index contributed by atoms with van der Waals surface area (Å²) in [7, 11) is -4.37. The summed E-state index contributed by atoms with van der Waals surface area (Å²) in [6.45, 7) is 2.32. The lowest BCUT2D eigenvalue weighted by atomic mass is 9.96. The Morgan fingerprint density at radius 3 is 2.72 bits per heavy atom. The van der Waals surface area contributed by atoms with Gasteiger partial charge in [-0.05, 0) is 51.0 Å². The number of fused-ring (bicyclic) bond motifs is 2. The number of nitrogen functional groups attached to an aromatic ring is 1. The van der Waals surface area contributed by atoms with Crippen molar-refractivity contribution in [3.8, 4) is 11.6 Å². The van der Waals surface area contributed by atoms with Gasteiger partial charge in [0.05, 0.1) is 12.9 Å². The fraction of sp³-hybridized carbons (Fsp3) is 0.467. The highest BCUT2D eigenvalue weighted by molar-refractivity contribution is 7.52. The average Bonchev–Trinajstić information content (AvgIpc) is 3.54. The minimum absolute atomic E-state index is 0.00841. The third-order valence-corrected chi connectivity index (χ3v) is 9.97. The summed E-state index contributed by atoms with van der Waals surface area (Å²) in [6, 6.07) is 11.5. The number of aliphatic hydroxyl groups is 2. The van der Waals surface area contributed by atoms with Crippen molar-refractivity contribution in [1.82, 2.24) is 24.6 Å². The number of rotatable bonds is 10. The minimum atomic E-state index is -4.37. The number of imidazole rings is 1. The number of anilines is 1. The summed E-state index contributed by atoms with van der Waals surface area (Å²) in [6.07, 6.45) is 1.54. The van der Waals surface area contributed by atoms with Crippen molar-refractivity contribution in [2.45, 2.75) is 82.1 Å². The van der Waals surface area contributed by atoms with Gasteiger partial charge in [-0.25, -0.2) is 9.55 Å². The maximum absolute atomic E-state index is 14.4. The van der Waals surface area contributed by atoms with Crippen LogP contribution in [0.3, 0.4) is 0 Å². The van der Waals surface area contributed by atoms with E-state index in [1.807, 2.05) is 24.3 Å². The molecule has 1 saturated carbocycles. The zero-order valence-corrected chi connectivity index (χ0v) is 26.2. The van der Waals surface area contributed by atoms with E-state index in [0.29, 0.717) is 5.39 Å². The standard InChI is InChI=1S/C30H37N6O9P/c1-17(27(39)43-19-11-4-3-5-12-19)35-46(41,45-21-14-8-10-18-9-6-7-13-20(18)21)42-15-22-24(37)30(2,40)28(44-22)36-16-32-23-25(36)33-29(31)34-26(23)38/h6-10,13-14,16-17,19,22,24,28,37,40H,3-5,11-12,15H2,1-2H3,(H,35,41)(H3,31,33,34,38)/t17-,22+,24+,28?,30+,46?/m0/s1. The number of nitrogens with zero attached hydrogens (tertiary/aromatic N) is 4. The Labute approximate surface area is 264 Å². The second-order valence-electron chi connectivity index (χ2n) is 11.8. The molecule has 6 rings (SSSR count). The van der Waals surface area contributed by atoms with E-state index < -0.39 is 56.3 Å². The van der Waals surface area contributed by atoms with Crippen LogP contribution in [0.4, 0.5) is 5.95 Å². The summed E-state index contributed by atoms with van der Waals surface area (Å²) in [5.41, 5.74) is 3.84. The van der Waals surface area contributed by atoms with Crippen LogP contribution in [0.5, 0.6) is 11.6 Å². The molecular formula is C30H37N6O9P. The van der Waals surface area contributed by atoms with Gasteiger partial charge < -0.3 is 35.1 Å². The Morgan fingerprint density at radius 2 is 1.93 bits per heavy atom. The number of nitrogens with one attached hydrogen (secondary N) is 1. The molecule has 2 aromatic heterocycles. The van der Waals surface area contributed by atoms with E-state index in [4.69, 9.17) is 24.3 Å². The van der Waals surface area contributed by atoms with E-state index in [1.54, 1.807) is 18.2 Å². The molecule has 1 aliphatic heterocycles. The van der Waals surface area contributed by atoms with Gasteiger partial charge in [-0.15, -0.1) is 0 Å². The third-order valence-electron chi connectivity index (χ3n) is 8.34. The predicted molar refractivity (Wildman–Crippen MR) is 166 cm³/mol. The van der Waals surface area contributed by atoms with Gasteiger partial charge in [-0.3, -0.25) is 13.9 Å². The number of aromatic hydroxyl groups is 1. The predicted octanol–water partition coefficient (Wildman–Crippen LogP) is 3.33. The molecule has 246 valence electrons. The number of carbonyl (C=O) groups is 1. The molecule has 2 unspecified atom stereocenters. The van der Waals surface area contributed by atoms with E-state index >= 15 is 0 Å². The van der Waals surface area contributed by atoms with E-state index in [2.05, 4.69) is 20.0 Å². The molecule has 46 heavy (non-hydrogen) atoms. The van der Waals surface area contributed by atoms with Gasteiger partial charge in [0.25, 0.3) is 0 Å². The minimum Gasteiger partial charge on any atom is -0.492 e. The number of carbonyl (C=O) groups excluding carboxylic acids is 1. The Hall–Kier alpha value is -3.85. The third kappa shape index (κ3) is 6.39. The molecule has 0 amide bonds. The first-order valence-electron chi connectivity index (χ1n) is 15.1. The topological polar surface area (TPSA) is 213 Å². The molecule has 3 heterocycles. The van der Waals surface area contributed by atoms with Crippen LogP contribution in [0.1, 0.15) is 52.2 Å². The molecule has 4 aromatic rings. The van der Waals surface area contributed by atoms with Crippen molar-refractivity contribution in [1.29, 1.82) is 0 Å². The molecule has 0 radical (unpaired) electrons. The normalized spacial score (nSPS) is 25.8. The Morgan fingerprint density at radius 1 is 1.20 bits per heavy atom. The summed E-state index contributed by atoms with van der Waals surface area (Å²) in [5.74, 6) is -1.07. The van der Waals surface area contributed by atoms with Gasteiger partial charge >= 0.3 is 13.7 Å². The van der Waals surface area contributed by atoms with Crippen molar-refractivity contribution in [3.63, 3.8) is 0 Å². The van der Waals surface area contributed by atoms with Crippen LogP contribution in [0, 0.1) is 0 Å². The highest BCUT2D eigenvalue weighted by Crippen LogP contribution is 2.48. The molecule has 2 fully saturated rings. The second kappa shape index (κ2) is 12.7. The maximum Gasteiger partial charge on any atom is 0.459 e. The fourth-order valence-corrected chi connectivity index (χ4v) is 7.39. The number of esters is 1. The first kappa shape index (κ1) is 32.1. The molecule has 2 aromatic carbocycles. The summed E-state index contributed by atoms with van der Waals surface area (Å²) in [4.78, 5) is 24.9. The lowest BCUT2D eigenvalue weighted by molar-refractivity contribution is -0.152. The van der Waals surface area contributed by atoms with Crippen molar-refractivity contribution in [2.24, 2.45) is 0 Å². The SMILES string of the molecule is C[C@H](NP(=O)(OC[C@H]1OC(n2cnc3c(O)nc(N)nc32)[C@](C)(O)[C@@H]1O)Oc1cccc2ccccc12)C(=O)OC1CCCCC1. The number of ether oxygens (including phenoxy) is 2. The van der Waals surface area contributed by atoms with Gasteiger partial charge in [-0.2, -0.15) is 15.1 Å². The van der Waals surface area contributed by atoms with Crippen molar-refractivity contribution in [3.05, 3.63) is 48.8 Å². The highest BCUT2D eigenvalue weighted by Gasteiger charge is 2.54. The van der Waals surface area contributed by atoms with Crippen molar-refractivity contribution < 1.29 is 43.2 Å². The number of aliphatic hydroxyl groups excluding tert-OH is 1. The van der Waals surface area contributed by atoms with E-state index in [1.165, 1.54) is 24.7 Å². The zero-order chi connectivity index (χ0) is 32.6. The Bertz CT molecular complexity index is 1770. The first-order chi connectivity index (χ1) is 21.9. The number of nitrogens with two attached hydrogens (primary N) is 1. The molecule has 0 spiro atoms. The second-order valence-corrected chi connectivity index (χ2v) is 13.5. The number of benzene rings is 2. The van der Waals surface area contributed by atoms with Crippen molar-refractivity contribution >= 4 is 41.6 Å². The van der Waals surface area contributed by atoms with E-state index in [9.17, 15) is 24.7 Å². The van der Waals surface area contributed by atoms with Crippen LogP contribution in [0.25, 0.3) is 21.9 Å². The highest BCUT2D eigenvalue weighted by atomic mass is 31.2. The molecule has 15 nitrogen and oxygen atoms in total. The largest absolute Gasteiger partial charge is 0.492 e. The van der Waals surface area contributed by atoms with Gasteiger partial charge in [0, 0.05) is 5.39 Å². The molecular weight excluding hydrogens is 619 g/mol. The van der Waals surface area contributed by atoms with Crippen LogP contribution < -0.4 is 15.3 Å². The van der Waals surface area contributed by atoms with Gasteiger partial charge in [0.1, 0.15) is 35.7 Å². The van der Waals surface area contributed by atoms with Crippen molar-refractivity contribution in [2.75, 3.05) is 12.3 Å². The molecule has 1 aliphatic carbocycles. The molecule has 16 heteroatoms. The van der Waals surface area contributed by atoms with E-state index in [0.717, 1.165) is 37.5 Å². The zero-order valence-electron chi connectivity index (χ0n) is 25.4. The van der Waals surface area contributed by atoms with Crippen LogP contribution >= 0.6 is 7.75 Å². The molecule has 2 aliphatic rings. The number of hydrogen-bond donors (Lipinski definition) is 5. The molecule has 0 bridgehead atoms. The molecule has 1 saturated heterocycles. The fourth-order valence-electron chi connectivity index (χ4n) is 5.87. The summed E-state index contributed by atoms with van der Waals surface area (Å²) < 4.78 is 39.2. The lowest BCUT2D eigenvalue weighted by Gasteiger charge is -2.28.